The maximum atomic E-state index is 13.3. The molecule has 0 unspecified atom stereocenters. The molecule has 0 amide bonds. The second kappa shape index (κ2) is 6.19. The zero-order valence-corrected chi connectivity index (χ0v) is 12.8. The standard InChI is InChI=1S/C16H15FN4S/c1-11(12-6-3-2-4-7-12)22-16-20-19-15(21(16)18)13-8-5-9-14(17)10-13/h2-11H,18H2,1H3/t11-/m0/s1. The Hall–Kier alpha value is -2.34. The average molecular weight is 314 g/mol. The van der Waals surface area contributed by atoms with E-state index in [9.17, 15) is 4.39 Å². The predicted octanol–water partition coefficient (Wildman–Crippen LogP) is 3.65. The molecule has 112 valence electrons. The first kappa shape index (κ1) is 14.6. The number of hydrogen-bond donors (Lipinski definition) is 1. The molecule has 22 heavy (non-hydrogen) atoms. The lowest BCUT2D eigenvalue weighted by atomic mass is 10.2. The van der Waals surface area contributed by atoms with Crippen LogP contribution in [0.1, 0.15) is 17.7 Å². The first-order valence-electron chi connectivity index (χ1n) is 6.83. The molecule has 0 bridgehead atoms. The molecule has 6 heteroatoms. The van der Waals surface area contributed by atoms with Crippen LogP contribution in [0.2, 0.25) is 0 Å². The number of nitrogen functional groups attached to an aromatic ring is 1. The molecular weight excluding hydrogens is 299 g/mol. The molecule has 0 saturated carbocycles. The molecule has 0 aliphatic rings. The third kappa shape index (κ3) is 2.96. The second-order valence-corrected chi connectivity index (χ2v) is 6.17. The molecule has 2 N–H and O–H groups in total. The normalized spacial score (nSPS) is 12.3. The SMILES string of the molecule is C[C@H](Sc1nnc(-c2cccc(F)c2)n1N)c1ccccc1. The highest BCUT2D eigenvalue weighted by Crippen LogP contribution is 2.34. The van der Waals surface area contributed by atoms with Crippen molar-refractivity contribution in [2.75, 3.05) is 5.84 Å². The maximum Gasteiger partial charge on any atom is 0.210 e. The van der Waals surface area contributed by atoms with Crippen LogP contribution in [-0.2, 0) is 0 Å². The van der Waals surface area contributed by atoms with Crippen molar-refractivity contribution in [2.24, 2.45) is 0 Å². The van der Waals surface area contributed by atoms with Gasteiger partial charge in [0.15, 0.2) is 5.82 Å². The first-order valence-corrected chi connectivity index (χ1v) is 7.71. The maximum absolute atomic E-state index is 13.3. The van der Waals surface area contributed by atoms with E-state index < -0.39 is 0 Å². The second-order valence-electron chi connectivity index (χ2n) is 4.86. The van der Waals surface area contributed by atoms with Crippen LogP contribution in [0.4, 0.5) is 4.39 Å². The summed E-state index contributed by atoms with van der Waals surface area (Å²) in [6.45, 7) is 2.08. The van der Waals surface area contributed by atoms with Gasteiger partial charge < -0.3 is 5.84 Å². The third-order valence-corrected chi connectivity index (χ3v) is 4.41. The lowest BCUT2D eigenvalue weighted by molar-refractivity contribution is 0.628. The number of hydrogen-bond acceptors (Lipinski definition) is 4. The summed E-state index contributed by atoms with van der Waals surface area (Å²) in [5.74, 6) is 6.18. The molecule has 0 saturated heterocycles. The van der Waals surface area contributed by atoms with E-state index in [1.54, 1.807) is 12.1 Å². The van der Waals surface area contributed by atoms with Crippen LogP contribution < -0.4 is 5.84 Å². The van der Waals surface area contributed by atoms with Gasteiger partial charge in [0.2, 0.25) is 5.16 Å². The Morgan fingerprint density at radius 3 is 2.59 bits per heavy atom. The van der Waals surface area contributed by atoms with E-state index in [1.165, 1.54) is 34.1 Å². The van der Waals surface area contributed by atoms with Crippen LogP contribution in [0.15, 0.2) is 59.8 Å². The van der Waals surface area contributed by atoms with Crippen molar-refractivity contribution in [3.63, 3.8) is 0 Å². The topological polar surface area (TPSA) is 56.7 Å². The Morgan fingerprint density at radius 1 is 1.09 bits per heavy atom. The van der Waals surface area contributed by atoms with E-state index >= 15 is 0 Å². The summed E-state index contributed by atoms with van der Waals surface area (Å²) >= 11 is 1.51. The molecule has 0 radical (unpaired) electrons. The van der Waals surface area contributed by atoms with Gasteiger partial charge in [-0.05, 0) is 24.6 Å². The number of nitrogens with zero attached hydrogens (tertiary/aromatic N) is 3. The summed E-state index contributed by atoms with van der Waals surface area (Å²) in [5, 5.41) is 8.97. The van der Waals surface area contributed by atoms with E-state index in [0.717, 1.165) is 0 Å². The third-order valence-electron chi connectivity index (χ3n) is 3.30. The van der Waals surface area contributed by atoms with Gasteiger partial charge in [-0.15, -0.1) is 10.2 Å². The van der Waals surface area contributed by atoms with Crippen LogP contribution in [0.25, 0.3) is 11.4 Å². The Bertz CT molecular complexity index is 773. The van der Waals surface area contributed by atoms with Crippen LogP contribution in [0.5, 0.6) is 0 Å². The first-order chi connectivity index (χ1) is 10.6. The summed E-state index contributed by atoms with van der Waals surface area (Å²) < 4.78 is 14.7. The van der Waals surface area contributed by atoms with Crippen molar-refractivity contribution in [1.29, 1.82) is 0 Å². The molecule has 0 fully saturated rings. The Labute approximate surface area is 132 Å². The van der Waals surface area contributed by atoms with E-state index in [2.05, 4.69) is 29.3 Å². The lowest BCUT2D eigenvalue weighted by Gasteiger charge is -2.10. The van der Waals surface area contributed by atoms with Crippen molar-refractivity contribution in [2.45, 2.75) is 17.3 Å². The molecule has 0 spiro atoms. The van der Waals surface area contributed by atoms with Gasteiger partial charge in [0, 0.05) is 10.8 Å². The smallest absolute Gasteiger partial charge is 0.210 e. The number of aromatic nitrogens is 3. The summed E-state index contributed by atoms with van der Waals surface area (Å²) in [5.41, 5.74) is 1.79. The van der Waals surface area contributed by atoms with Gasteiger partial charge >= 0.3 is 0 Å². The van der Waals surface area contributed by atoms with Crippen molar-refractivity contribution in [3.05, 3.63) is 66.0 Å². The summed E-state index contributed by atoms with van der Waals surface area (Å²) in [4.78, 5) is 0. The van der Waals surface area contributed by atoms with Crippen LogP contribution in [-0.4, -0.2) is 14.9 Å². The number of rotatable bonds is 4. The fraction of sp³-hybridized carbons (Fsp3) is 0.125. The predicted molar refractivity (Wildman–Crippen MR) is 86.3 cm³/mol. The van der Waals surface area contributed by atoms with Crippen LogP contribution >= 0.6 is 11.8 Å². The Balaban J connectivity index is 1.85. The van der Waals surface area contributed by atoms with E-state index in [1.807, 2.05) is 18.2 Å². The fourth-order valence-corrected chi connectivity index (χ4v) is 3.03. The fourth-order valence-electron chi connectivity index (χ4n) is 2.13. The van der Waals surface area contributed by atoms with Gasteiger partial charge in [0.25, 0.3) is 0 Å². The molecule has 3 aromatic rings. The number of nitrogens with two attached hydrogens (primary N) is 1. The molecule has 2 aromatic carbocycles. The minimum atomic E-state index is -0.327. The van der Waals surface area contributed by atoms with Gasteiger partial charge in [-0.25, -0.2) is 9.07 Å². The molecule has 1 atom stereocenters. The Morgan fingerprint density at radius 2 is 1.86 bits per heavy atom. The average Bonchev–Trinajstić information content (AvgIpc) is 2.89. The van der Waals surface area contributed by atoms with E-state index in [4.69, 9.17) is 5.84 Å². The highest BCUT2D eigenvalue weighted by atomic mass is 32.2. The minimum absolute atomic E-state index is 0.188. The van der Waals surface area contributed by atoms with Gasteiger partial charge in [0.1, 0.15) is 5.82 Å². The zero-order valence-electron chi connectivity index (χ0n) is 12.0. The highest BCUT2D eigenvalue weighted by molar-refractivity contribution is 7.99. The Kier molecular flexibility index (Phi) is 4.11. The lowest BCUT2D eigenvalue weighted by Crippen LogP contribution is -2.12. The monoisotopic (exact) mass is 314 g/mol. The quantitative estimate of drug-likeness (QED) is 0.590. The summed E-state index contributed by atoms with van der Waals surface area (Å²) in [6, 6.07) is 16.2. The van der Waals surface area contributed by atoms with Gasteiger partial charge in [0.05, 0.1) is 0 Å². The van der Waals surface area contributed by atoms with Crippen molar-refractivity contribution in [3.8, 4) is 11.4 Å². The van der Waals surface area contributed by atoms with Crippen molar-refractivity contribution >= 4 is 11.8 Å². The zero-order chi connectivity index (χ0) is 15.5. The molecule has 0 aliphatic heterocycles. The van der Waals surface area contributed by atoms with E-state index in [0.29, 0.717) is 16.5 Å². The number of thioether (sulfide) groups is 1. The van der Waals surface area contributed by atoms with Crippen LogP contribution in [0.3, 0.4) is 0 Å². The molecule has 4 nitrogen and oxygen atoms in total. The van der Waals surface area contributed by atoms with Crippen LogP contribution in [0, 0.1) is 5.82 Å². The number of halogens is 1. The summed E-state index contributed by atoms with van der Waals surface area (Å²) in [6.07, 6.45) is 0. The van der Waals surface area contributed by atoms with Crippen molar-refractivity contribution in [1.82, 2.24) is 14.9 Å². The molecule has 1 aromatic heterocycles. The molecule has 3 rings (SSSR count). The van der Waals surface area contributed by atoms with Gasteiger partial charge in [-0.2, -0.15) is 0 Å². The summed E-state index contributed by atoms with van der Waals surface area (Å²) in [7, 11) is 0. The molecule has 1 heterocycles. The number of benzene rings is 2. The van der Waals surface area contributed by atoms with Gasteiger partial charge in [-0.3, -0.25) is 0 Å². The molecule has 0 aliphatic carbocycles. The van der Waals surface area contributed by atoms with Gasteiger partial charge in [-0.1, -0.05) is 54.2 Å². The molecular formula is C16H15FN4S. The van der Waals surface area contributed by atoms with E-state index in [-0.39, 0.29) is 11.1 Å². The minimum Gasteiger partial charge on any atom is -0.335 e. The highest BCUT2D eigenvalue weighted by Gasteiger charge is 2.16. The van der Waals surface area contributed by atoms with Crippen molar-refractivity contribution < 1.29 is 4.39 Å². The largest absolute Gasteiger partial charge is 0.335 e.